The minimum Gasteiger partial charge on any atom is -0.325 e. The van der Waals surface area contributed by atoms with Crippen molar-refractivity contribution in [1.29, 1.82) is 0 Å². The van der Waals surface area contributed by atoms with Crippen molar-refractivity contribution in [1.82, 2.24) is 9.96 Å². The van der Waals surface area contributed by atoms with E-state index in [2.05, 4.69) is 23.8 Å². The van der Waals surface area contributed by atoms with Crippen LogP contribution in [0.2, 0.25) is 11.1 Å². The van der Waals surface area contributed by atoms with Crippen LogP contribution in [-0.4, -0.2) is 21.5 Å². The molecule has 0 amide bonds. The van der Waals surface area contributed by atoms with E-state index in [4.69, 9.17) is 0 Å². The molecular formula is C18H38N2Si. The summed E-state index contributed by atoms with van der Waals surface area (Å²) in [6, 6.07) is 0. The highest BCUT2D eigenvalue weighted by Crippen LogP contribution is 2.45. The van der Waals surface area contributed by atoms with Crippen LogP contribution in [0, 0.1) is 0 Å². The molecule has 2 fully saturated rings. The summed E-state index contributed by atoms with van der Waals surface area (Å²) in [5.41, 5.74) is 1.99. The number of hydrogen-bond donors (Lipinski definition) is 2. The van der Waals surface area contributed by atoms with E-state index >= 15 is 0 Å². The van der Waals surface area contributed by atoms with Crippen molar-refractivity contribution >= 4 is 8.40 Å². The Bertz CT molecular complexity index is 242. The molecule has 2 aliphatic rings. The summed E-state index contributed by atoms with van der Waals surface area (Å²) >= 11 is 0. The number of rotatable bonds is 8. The van der Waals surface area contributed by atoms with Crippen molar-refractivity contribution in [2.24, 2.45) is 0 Å². The molecule has 21 heavy (non-hydrogen) atoms. The lowest BCUT2D eigenvalue weighted by atomic mass is 9.99. The second kappa shape index (κ2) is 9.31. The monoisotopic (exact) mass is 310 g/mol. The molecule has 0 spiro atoms. The SMILES string of the molecule is CCCN[Si](NCCC)(C1CCCCC1)C1CCCCC1. The Balaban J connectivity index is 2.16. The molecule has 0 bridgehead atoms. The lowest BCUT2D eigenvalue weighted by Crippen LogP contribution is -2.69. The number of hydrogen-bond acceptors (Lipinski definition) is 2. The van der Waals surface area contributed by atoms with E-state index in [-0.39, 0.29) is 0 Å². The molecule has 0 aliphatic heterocycles. The molecule has 0 heterocycles. The van der Waals surface area contributed by atoms with Gasteiger partial charge in [0.15, 0.2) is 0 Å². The Labute approximate surface area is 134 Å². The molecule has 2 nitrogen and oxygen atoms in total. The Morgan fingerprint density at radius 2 is 1.05 bits per heavy atom. The summed E-state index contributed by atoms with van der Waals surface area (Å²) in [5.74, 6) is 0. The van der Waals surface area contributed by atoms with Crippen LogP contribution in [0.15, 0.2) is 0 Å². The van der Waals surface area contributed by atoms with Crippen molar-refractivity contribution in [2.45, 2.75) is 102 Å². The fraction of sp³-hybridized carbons (Fsp3) is 1.00. The van der Waals surface area contributed by atoms with Gasteiger partial charge in [0.1, 0.15) is 0 Å². The smallest absolute Gasteiger partial charge is 0.207 e. The molecule has 2 saturated carbocycles. The van der Waals surface area contributed by atoms with Crippen LogP contribution >= 0.6 is 0 Å². The molecular weight excluding hydrogens is 272 g/mol. The molecule has 0 radical (unpaired) electrons. The summed E-state index contributed by atoms with van der Waals surface area (Å²) in [4.78, 5) is 8.37. The summed E-state index contributed by atoms with van der Waals surface area (Å²) < 4.78 is 0. The van der Waals surface area contributed by atoms with E-state index in [1.807, 2.05) is 0 Å². The Morgan fingerprint density at radius 1 is 0.667 bits per heavy atom. The van der Waals surface area contributed by atoms with Crippen LogP contribution < -0.4 is 9.96 Å². The maximum Gasteiger partial charge on any atom is 0.207 e. The van der Waals surface area contributed by atoms with E-state index in [1.54, 1.807) is 0 Å². The third-order valence-electron chi connectivity index (χ3n) is 5.83. The Kier molecular flexibility index (Phi) is 7.76. The maximum atomic E-state index is 4.18. The zero-order valence-corrected chi connectivity index (χ0v) is 15.6. The van der Waals surface area contributed by atoms with Crippen LogP contribution in [-0.2, 0) is 0 Å². The van der Waals surface area contributed by atoms with Gasteiger partial charge in [-0.3, -0.25) is 0 Å². The average Bonchev–Trinajstić information content (AvgIpc) is 2.57. The zero-order valence-electron chi connectivity index (χ0n) is 14.6. The Hall–Kier alpha value is 0.137. The molecule has 0 saturated heterocycles. The first-order chi connectivity index (χ1) is 10.3. The highest BCUT2D eigenvalue weighted by molar-refractivity contribution is 6.78. The van der Waals surface area contributed by atoms with Crippen LogP contribution in [0.3, 0.4) is 0 Å². The first-order valence-electron chi connectivity index (χ1n) is 9.83. The molecule has 2 aliphatic carbocycles. The third kappa shape index (κ3) is 4.55. The topological polar surface area (TPSA) is 24.1 Å². The quantitative estimate of drug-likeness (QED) is 0.610. The second-order valence-electron chi connectivity index (χ2n) is 7.39. The lowest BCUT2D eigenvalue weighted by molar-refractivity contribution is 0.431. The summed E-state index contributed by atoms with van der Waals surface area (Å²) in [5, 5.41) is 0. The minimum absolute atomic E-state index is 0.993. The minimum atomic E-state index is -1.54. The Morgan fingerprint density at radius 3 is 1.38 bits per heavy atom. The molecule has 124 valence electrons. The maximum absolute atomic E-state index is 4.18. The summed E-state index contributed by atoms with van der Waals surface area (Å²) in [6.45, 7) is 7.12. The molecule has 0 atom stereocenters. The molecule has 2 rings (SSSR count). The van der Waals surface area contributed by atoms with Gasteiger partial charge in [0.25, 0.3) is 0 Å². The van der Waals surface area contributed by atoms with Gasteiger partial charge < -0.3 is 9.96 Å². The predicted molar refractivity (Wildman–Crippen MR) is 96.0 cm³/mol. The standard InChI is InChI=1S/C18H38N2Si/c1-3-15-19-21(20-16-4-2,17-11-7-5-8-12-17)18-13-9-6-10-14-18/h17-20H,3-16H2,1-2H3. The van der Waals surface area contributed by atoms with Gasteiger partial charge in [-0.1, -0.05) is 78.1 Å². The molecule has 3 heteroatoms. The summed E-state index contributed by atoms with van der Waals surface area (Å²) in [6.07, 6.45) is 17.4. The third-order valence-corrected chi connectivity index (χ3v) is 11.2. The van der Waals surface area contributed by atoms with Gasteiger partial charge in [-0.2, -0.15) is 0 Å². The second-order valence-corrected chi connectivity index (χ2v) is 11.5. The van der Waals surface area contributed by atoms with Gasteiger partial charge in [0, 0.05) is 0 Å². The van der Waals surface area contributed by atoms with E-state index in [1.165, 1.54) is 90.1 Å². The fourth-order valence-corrected chi connectivity index (χ4v) is 10.7. The van der Waals surface area contributed by atoms with Gasteiger partial charge in [-0.05, 0) is 37.0 Å². The fourth-order valence-electron chi connectivity index (χ4n) is 4.75. The van der Waals surface area contributed by atoms with Crippen LogP contribution in [0.25, 0.3) is 0 Å². The van der Waals surface area contributed by atoms with Crippen molar-refractivity contribution in [3.8, 4) is 0 Å². The molecule has 0 aromatic heterocycles. The van der Waals surface area contributed by atoms with Gasteiger partial charge in [0.05, 0.1) is 0 Å². The van der Waals surface area contributed by atoms with Gasteiger partial charge in [0.2, 0.25) is 8.40 Å². The van der Waals surface area contributed by atoms with E-state index < -0.39 is 8.40 Å². The molecule has 2 N–H and O–H groups in total. The van der Waals surface area contributed by atoms with Gasteiger partial charge in [-0.25, -0.2) is 0 Å². The van der Waals surface area contributed by atoms with Gasteiger partial charge in [-0.15, -0.1) is 0 Å². The predicted octanol–water partition coefficient (Wildman–Crippen LogP) is 5.10. The number of nitrogens with one attached hydrogen (secondary N) is 2. The first kappa shape index (κ1) is 17.5. The highest BCUT2D eigenvalue weighted by Gasteiger charge is 2.47. The van der Waals surface area contributed by atoms with Crippen molar-refractivity contribution in [2.75, 3.05) is 13.1 Å². The van der Waals surface area contributed by atoms with E-state index in [0.29, 0.717) is 0 Å². The largest absolute Gasteiger partial charge is 0.325 e. The summed E-state index contributed by atoms with van der Waals surface area (Å²) in [7, 11) is -1.54. The van der Waals surface area contributed by atoms with Crippen molar-refractivity contribution < 1.29 is 0 Å². The van der Waals surface area contributed by atoms with Crippen LogP contribution in [0.4, 0.5) is 0 Å². The lowest BCUT2D eigenvalue weighted by Gasteiger charge is -2.48. The van der Waals surface area contributed by atoms with Gasteiger partial charge >= 0.3 is 0 Å². The normalized spacial score (nSPS) is 22.6. The molecule has 0 aromatic rings. The molecule has 0 aromatic carbocycles. The van der Waals surface area contributed by atoms with Crippen LogP contribution in [0.5, 0.6) is 0 Å². The van der Waals surface area contributed by atoms with Crippen LogP contribution in [0.1, 0.15) is 90.9 Å². The van der Waals surface area contributed by atoms with E-state index in [0.717, 1.165) is 11.1 Å². The first-order valence-corrected chi connectivity index (χ1v) is 12.0. The zero-order chi connectivity index (χ0) is 15.0. The van der Waals surface area contributed by atoms with Crippen molar-refractivity contribution in [3.05, 3.63) is 0 Å². The highest BCUT2D eigenvalue weighted by atomic mass is 28.3. The molecule has 0 unspecified atom stereocenters. The van der Waals surface area contributed by atoms with Crippen molar-refractivity contribution in [3.63, 3.8) is 0 Å². The van der Waals surface area contributed by atoms with E-state index in [9.17, 15) is 0 Å². The average molecular weight is 311 g/mol.